The minimum absolute atomic E-state index is 0.0947. The average molecular weight is 927 g/mol. The van der Waals surface area contributed by atoms with E-state index in [0.717, 1.165) is 122 Å². The van der Waals surface area contributed by atoms with E-state index in [1.54, 1.807) is 26.6 Å². The smallest absolute Gasteiger partial charge is 0.220 e. The van der Waals surface area contributed by atoms with Crippen molar-refractivity contribution in [3.63, 3.8) is 0 Å². The number of unbranched alkanes of at least 4 members (excludes halogenated alkanes) is 4. The normalized spacial score (nSPS) is 12.0. The first kappa shape index (κ1) is 53.9. The first-order valence-electron chi connectivity index (χ1n) is 24.5. The summed E-state index contributed by atoms with van der Waals surface area (Å²) in [5.74, 6) is 1.15. The van der Waals surface area contributed by atoms with E-state index in [4.69, 9.17) is 9.47 Å². The molecule has 4 rings (SSSR count). The number of hydrogen-bond donors (Lipinski definition) is 8. The molecule has 2 unspecified atom stereocenters. The Hall–Kier alpha value is -5.74. The Balaban J connectivity index is 0.850. The van der Waals surface area contributed by atoms with Gasteiger partial charge in [0.25, 0.3) is 0 Å². The van der Waals surface area contributed by atoms with Crippen molar-refractivity contribution in [2.75, 3.05) is 77.2 Å². The number of benzene rings is 2. The fraction of sp³-hybridized carbons (Fsp3) is 0.569. The topological polar surface area (TPSA) is 209 Å². The van der Waals surface area contributed by atoms with Crippen LogP contribution in [0.25, 0.3) is 21.8 Å². The van der Waals surface area contributed by atoms with Gasteiger partial charge in [-0.1, -0.05) is 31.4 Å². The van der Waals surface area contributed by atoms with E-state index in [2.05, 4.69) is 66.3 Å². The van der Waals surface area contributed by atoms with Gasteiger partial charge < -0.3 is 52.0 Å². The van der Waals surface area contributed by atoms with Gasteiger partial charge in [-0.2, -0.15) is 0 Å². The van der Waals surface area contributed by atoms with Gasteiger partial charge in [-0.15, -0.1) is 0 Å². The molecule has 8 N–H and O–H groups in total. The second-order valence-electron chi connectivity index (χ2n) is 17.3. The zero-order valence-corrected chi connectivity index (χ0v) is 40.5. The summed E-state index contributed by atoms with van der Waals surface area (Å²) in [6, 6.07) is 16.1. The molecule has 0 radical (unpaired) electrons. The van der Waals surface area contributed by atoms with Gasteiger partial charge >= 0.3 is 0 Å². The molecule has 0 aliphatic heterocycles. The zero-order chi connectivity index (χ0) is 47.9. The molecule has 4 aromatic rings. The van der Waals surface area contributed by atoms with Crippen molar-refractivity contribution in [3.8, 4) is 11.5 Å². The quantitative estimate of drug-likeness (QED) is 0.0227. The number of amides is 4. The lowest BCUT2D eigenvalue weighted by Crippen LogP contribution is -2.30. The Labute approximate surface area is 398 Å². The van der Waals surface area contributed by atoms with Crippen LogP contribution >= 0.6 is 0 Å². The maximum Gasteiger partial charge on any atom is 0.220 e. The summed E-state index contributed by atoms with van der Waals surface area (Å²) < 4.78 is 10.9. The highest BCUT2D eigenvalue weighted by molar-refractivity contribution is 5.93. The van der Waals surface area contributed by atoms with Gasteiger partial charge in [0.2, 0.25) is 23.6 Å². The second kappa shape index (κ2) is 32.0. The van der Waals surface area contributed by atoms with Gasteiger partial charge in [-0.3, -0.25) is 29.1 Å². The number of pyridine rings is 2. The molecule has 16 heteroatoms. The Morgan fingerprint density at radius 1 is 0.478 bits per heavy atom. The van der Waals surface area contributed by atoms with Crippen molar-refractivity contribution < 1.29 is 28.7 Å². The molecule has 368 valence electrons. The van der Waals surface area contributed by atoms with E-state index >= 15 is 0 Å². The molecule has 0 aliphatic rings. The number of nitrogens with zero attached hydrogens (tertiary/aromatic N) is 2. The molecule has 2 aromatic heterocycles. The fourth-order valence-electron chi connectivity index (χ4n) is 7.70. The van der Waals surface area contributed by atoms with Crippen molar-refractivity contribution in [1.29, 1.82) is 0 Å². The second-order valence-corrected chi connectivity index (χ2v) is 17.3. The number of carbonyl (C=O) groups excluding carboxylic acids is 4. The van der Waals surface area contributed by atoms with Gasteiger partial charge in [0.15, 0.2) is 0 Å². The Morgan fingerprint density at radius 3 is 1.22 bits per heavy atom. The third-order valence-corrected chi connectivity index (χ3v) is 11.5. The molecule has 0 aliphatic carbocycles. The number of aromatic nitrogens is 2. The Bertz CT molecular complexity index is 1940. The number of nitrogens with one attached hydrogen (secondary N) is 8. The van der Waals surface area contributed by atoms with E-state index in [0.29, 0.717) is 26.2 Å². The Kier molecular flexibility index (Phi) is 25.8. The van der Waals surface area contributed by atoms with E-state index in [1.807, 2.05) is 48.5 Å². The van der Waals surface area contributed by atoms with Gasteiger partial charge in [0.05, 0.1) is 36.6 Å². The molecule has 67 heavy (non-hydrogen) atoms. The van der Waals surface area contributed by atoms with Crippen LogP contribution in [0.2, 0.25) is 0 Å². The van der Waals surface area contributed by atoms with Crippen molar-refractivity contribution in [3.05, 3.63) is 60.9 Å². The third kappa shape index (κ3) is 22.1. The van der Waals surface area contributed by atoms with Gasteiger partial charge in [0, 0.05) is 99.2 Å². The first-order chi connectivity index (χ1) is 32.6. The highest BCUT2D eigenvalue weighted by Crippen LogP contribution is 2.30. The summed E-state index contributed by atoms with van der Waals surface area (Å²) in [4.78, 5) is 58.1. The summed E-state index contributed by atoms with van der Waals surface area (Å²) in [5, 5.41) is 27.7. The highest BCUT2D eigenvalue weighted by atomic mass is 16.5. The van der Waals surface area contributed by atoms with Crippen LogP contribution in [0, 0.1) is 0 Å². The van der Waals surface area contributed by atoms with Crippen LogP contribution in [0.3, 0.4) is 0 Å². The van der Waals surface area contributed by atoms with Crippen LogP contribution in [0.5, 0.6) is 11.5 Å². The monoisotopic (exact) mass is 927 g/mol. The molecule has 0 saturated carbocycles. The van der Waals surface area contributed by atoms with E-state index in [1.165, 1.54) is 19.3 Å². The molecular formula is C51H78N10O6. The summed E-state index contributed by atoms with van der Waals surface area (Å²) in [6.45, 7) is 10.2. The van der Waals surface area contributed by atoms with Gasteiger partial charge in [-0.25, -0.2) is 0 Å². The summed E-state index contributed by atoms with van der Waals surface area (Å²) in [6.07, 6.45) is 15.2. The maximum atomic E-state index is 12.3. The molecule has 0 fully saturated rings. The van der Waals surface area contributed by atoms with Crippen molar-refractivity contribution >= 4 is 56.8 Å². The van der Waals surface area contributed by atoms with Crippen LogP contribution in [-0.4, -0.2) is 112 Å². The van der Waals surface area contributed by atoms with Crippen LogP contribution in [0.15, 0.2) is 60.9 Å². The molecule has 0 spiro atoms. The van der Waals surface area contributed by atoms with Crippen LogP contribution in [0.1, 0.15) is 110 Å². The SMILES string of the molecule is COc1cc(NC(C)CCCNC(=O)CCC(=O)NCCCNCCCCCCCNCCCNC(=O)CCC(=O)NCCCC(C)Nc2cc(OC)cc3cccnc23)c2ncccc2c1. The number of ether oxygens (including phenoxy) is 2. The molecular weight excluding hydrogens is 849 g/mol. The van der Waals surface area contributed by atoms with Gasteiger partial charge in [-0.05, 0) is 116 Å². The van der Waals surface area contributed by atoms with E-state index < -0.39 is 0 Å². The van der Waals surface area contributed by atoms with Crippen LogP contribution in [-0.2, 0) is 19.2 Å². The van der Waals surface area contributed by atoms with Crippen molar-refractivity contribution in [1.82, 2.24) is 41.9 Å². The predicted octanol–water partition coefficient (Wildman–Crippen LogP) is 6.60. The summed E-state index contributed by atoms with van der Waals surface area (Å²) in [7, 11) is 3.31. The summed E-state index contributed by atoms with van der Waals surface area (Å²) in [5.41, 5.74) is 3.65. The lowest BCUT2D eigenvalue weighted by Gasteiger charge is -2.17. The minimum atomic E-state index is -0.105. The lowest BCUT2D eigenvalue weighted by atomic mass is 10.1. The zero-order valence-electron chi connectivity index (χ0n) is 40.5. The number of carbonyl (C=O) groups is 4. The lowest BCUT2D eigenvalue weighted by molar-refractivity contribution is -0.126. The van der Waals surface area contributed by atoms with Crippen molar-refractivity contribution in [2.45, 2.75) is 122 Å². The Morgan fingerprint density at radius 2 is 0.836 bits per heavy atom. The van der Waals surface area contributed by atoms with Crippen molar-refractivity contribution in [2.24, 2.45) is 0 Å². The van der Waals surface area contributed by atoms with E-state index in [9.17, 15) is 19.2 Å². The number of methoxy groups -OCH3 is 2. The molecule has 16 nitrogen and oxygen atoms in total. The molecule has 2 aromatic carbocycles. The number of fused-ring (bicyclic) bond motifs is 2. The third-order valence-electron chi connectivity index (χ3n) is 11.5. The van der Waals surface area contributed by atoms with Crippen LogP contribution in [0.4, 0.5) is 11.4 Å². The molecule has 0 saturated heterocycles. The number of hydrogen-bond acceptors (Lipinski definition) is 12. The number of rotatable bonds is 36. The minimum Gasteiger partial charge on any atom is -0.497 e. The number of anilines is 2. The largest absolute Gasteiger partial charge is 0.497 e. The standard InChI is InChI=1S/C51H78N10O6/c1-38(60-44-36-42(66-3)34-40-18-12-30-58-50(40)44)16-10-28-54-46(62)20-22-48(64)56-32-14-26-52-24-8-6-5-7-9-25-53-27-15-33-57-49(65)23-21-47(63)55-29-11-17-39(2)61-45-37-43(67-4)35-41-19-13-31-59-51(41)45/h12-13,18-19,30-31,34-39,52-53,60-61H,5-11,14-17,20-29,32-33H2,1-4H3,(H,54,62)(H,55,63)(H,56,64)(H,57,65). The molecule has 2 atom stereocenters. The molecule has 2 heterocycles. The fourth-order valence-corrected chi connectivity index (χ4v) is 7.70. The molecule has 4 amide bonds. The maximum absolute atomic E-state index is 12.3. The first-order valence-corrected chi connectivity index (χ1v) is 24.5. The average Bonchev–Trinajstić information content (AvgIpc) is 3.33. The summed E-state index contributed by atoms with van der Waals surface area (Å²) >= 11 is 0. The van der Waals surface area contributed by atoms with E-state index in [-0.39, 0.29) is 61.4 Å². The molecule has 0 bridgehead atoms. The van der Waals surface area contributed by atoms with Crippen LogP contribution < -0.4 is 52.0 Å². The van der Waals surface area contributed by atoms with Gasteiger partial charge in [0.1, 0.15) is 11.5 Å². The highest BCUT2D eigenvalue weighted by Gasteiger charge is 2.13. The predicted molar refractivity (Wildman–Crippen MR) is 270 cm³/mol.